The Morgan fingerprint density at radius 3 is 1.79 bits per heavy atom. The summed E-state index contributed by atoms with van der Waals surface area (Å²) in [5.41, 5.74) is 5.57. The van der Waals surface area contributed by atoms with Gasteiger partial charge in [0, 0.05) is 10.8 Å². The summed E-state index contributed by atoms with van der Waals surface area (Å²) in [5, 5.41) is 0. The molecule has 0 aliphatic heterocycles. The molecule has 0 radical (unpaired) electrons. The van der Waals surface area contributed by atoms with Crippen molar-refractivity contribution < 1.29 is 4.18 Å². The third-order valence-corrected chi connectivity index (χ3v) is 4.37. The van der Waals surface area contributed by atoms with Gasteiger partial charge in [-0.15, -0.1) is 0 Å². The second kappa shape index (κ2) is 4.86. The van der Waals surface area contributed by atoms with Crippen LogP contribution in [0.1, 0.15) is 48.5 Å². The molecule has 2 N–H and O–H groups in total. The van der Waals surface area contributed by atoms with E-state index in [-0.39, 0.29) is 16.4 Å². The Labute approximate surface area is 93.2 Å². The SMILES string of the molecule is CC(N)C(C)(C)OSC(C)(C)C(C)C. The summed E-state index contributed by atoms with van der Waals surface area (Å²) in [6, 6.07) is 0.0398. The summed E-state index contributed by atoms with van der Waals surface area (Å²) in [6.07, 6.45) is 0. The lowest BCUT2D eigenvalue weighted by Gasteiger charge is -2.34. The molecule has 0 aliphatic carbocycles. The molecule has 86 valence electrons. The molecule has 0 fully saturated rings. The molecule has 14 heavy (non-hydrogen) atoms. The Bertz CT molecular complexity index is 156. The molecule has 0 bridgehead atoms. The van der Waals surface area contributed by atoms with Gasteiger partial charge < -0.3 is 9.92 Å². The predicted molar refractivity (Wildman–Crippen MR) is 65.3 cm³/mol. The molecule has 0 saturated heterocycles. The maximum absolute atomic E-state index is 5.84. The van der Waals surface area contributed by atoms with Gasteiger partial charge in [-0.2, -0.15) is 0 Å². The topological polar surface area (TPSA) is 35.2 Å². The van der Waals surface area contributed by atoms with Crippen LogP contribution in [0.2, 0.25) is 0 Å². The fourth-order valence-electron chi connectivity index (χ4n) is 0.387. The molecule has 3 heteroatoms. The predicted octanol–water partition coefficient (Wildman–Crippen LogP) is 3.21. The van der Waals surface area contributed by atoms with Gasteiger partial charge >= 0.3 is 0 Å². The maximum Gasteiger partial charge on any atom is 0.0920 e. The smallest absolute Gasteiger partial charge is 0.0920 e. The molecule has 0 saturated carbocycles. The normalized spacial score (nSPS) is 16.1. The highest BCUT2D eigenvalue weighted by molar-refractivity contribution is 7.96. The van der Waals surface area contributed by atoms with Crippen molar-refractivity contribution >= 4 is 12.0 Å². The van der Waals surface area contributed by atoms with Crippen LogP contribution in [-0.4, -0.2) is 16.4 Å². The molecule has 0 aromatic rings. The highest BCUT2D eigenvalue weighted by Crippen LogP contribution is 2.36. The molecule has 0 spiro atoms. The Balaban J connectivity index is 4.18. The minimum absolute atomic E-state index is 0.0398. The Hall–Kier alpha value is 0.270. The summed E-state index contributed by atoms with van der Waals surface area (Å²) in [6.45, 7) is 14.8. The van der Waals surface area contributed by atoms with E-state index in [2.05, 4.69) is 27.7 Å². The summed E-state index contributed by atoms with van der Waals surface area (Å²) in [7, 11) is 0. The Kier molecular flexibility index (Phi) is 4.96. The largest absolute Gasteiger partial charge is 0.325 e. The molecule has 0 aromatic carbocycles. The van der Waals surface area contributed by atoms with Crippen LogP contribution in [0, 0.1) is 5.92 Å². The molecule has 0 aliphatic rings. The second-order valence-corrected chi connectivity index (χ2v) is 6.70. The van der Waals surface area contributed by atoms with Gasteiger partial charge in [-0.05, 0) is 52.6 Å². The van der Waals surface area contributed by atoms with Crippen LogP contribution in [0.3, 0.4) is 0 Å². The first-order chi connectivity index (χ1) is 6.09. The van der Waals surface area contributed by atoms with Crippen molar-refractivity contribution in [3.8, 4) is 0 Å². The highest BCUT2D eigenvalue weighted by atomic mass is 32.2. The number of hydrogen-bond acceptors (Lipinski definition) is 3. The standard InChI is InChI=1S/C11H25NOS/c1-8(2)11(6,7)14-13-10(4,5)9(3)12/h8-9H,12H2,1-7H3. The monoisotopic (exact) mass is 219 g/mol. The minimum Gasteiger partial charge on any atom is -0.325 e. The van der Waals surface area contributed by atoms with Crippen LogP contribution in [-0.2, 0) is 4.18 Å². The second-order valence-electron chi connectivity index (χ2n) is 5.32. The van der Waals surface area contributed by atoms with Gasteiger partial charge in [-0.3, -0.25) is 0 Å². The Morgan fingerprint density at radius 1 is 1.07 bits per heavy atom. The van der Waals surface area contributed by atoms with E-state index in [0.29, 0.717) is 5.92 Å². The molecular weight excluding hydrogens is 194 g/mol. The van der Waals surface area contributed by atoms with Gasteiger partial charge in [-0.25, -0.2) is 0 Å². The van der Waals surface area contributed by atoms with Gasteiger partial charge in [0.05, 0.1) is 5.60 Å². The fraction of sp³-hybridized carbons (Fsp3) is 1.00. The summed E-state index contributed by atoms with van der Waals surface area (Å²) >= 11 is 1.54. The minimum atomic E-state index is -0.267. The molecule has 0 rings (SSSR count). The molecule has 1 atom stereocenters. The molecule has 0 heterocycles. The average molecular weight is 219 g/mol. The third-order valence-electron chi connectivity index (χ3n) is 2.96. The zero-order chi connectivity index (χ0) is 11.6. The van der Waals surface area contributed by atoms with Gasteiger partial charge in [0.15, 0.2) is 0 Å². The van der Waals surface area contributed by atoms with Crippen molar-refractivity contribution in [2.24, 2.45) is 11.7 Å². The van der Waals surface area contributed by atoms with Crippen LogP contribution < -0.4 is 5.73 Å². The van der Waals surface area contributed by atoms with Crippen LogP contribution >= 0.6 is 12.0 Å². The van der Waals surface area contributed by atoms with E-state index in [4.69, 9.17) is 9.92 Å². The lowest BCUT2D eigenvalue weighted by atomic mass is 10.00. The fourth-order valence-corrected chi connectivity index (χ4v) is 1.16. The molecule has 0 aromatic heterocycles. The van der Waals surface area contributed by atoms with E-state index in [9.17, 15) is 0 Å². The Morgan fingerprint density at radius 2 is 1.50 bits per heavy atom. The van der Waals surface area contributed by atoms with E-state index in [1.807, 2.05) is 20.8 Å². The first-order valence-electron chi connectivity index (χ1n) is 5.22. The highest BCUT2D eigenvalue weighted by Gasteiger charge is 2.30. The van der Waals surface area contributed by atoms with Crippen molar-refractivity contribution in [1.29, 1.82) is 0 Å². The van der Waals surface area contributed by atoms with E-state index < -0.39 is 0 Å². The van der Waals surface area contributed by atoms with Crippen molar-refractivity contribution in [3.05, 3.63) is 0 Å². The van der Waals surface area contributed by atoms with Crippen LogP contribution in [0.25, 0.3) is 0 Å². The van der Waals surface area contributed by atoms with Crippen molar-refractivity contribution in [2.75, 3.05) is 0 Å². The molecule has 2 nitrogen and oxygen atoms in total. The van der Waals surface area contributed by atoms with Gasteiger partial charge in [0.1, 0.15) is 0 Å². The molecular formula is C11H25NOS. The first-order valence-corrected chi connectivity index (χ1v) is 5.96. The summed E-state index contributed by atoms with van der Waals surface area (Å²) < 4.78 is 5.94. The average Bonchev–Trinajstić information content (AvgIpc) is 2.01. The number of nitrogens with two attached hydrogens (primary N) is 1. The summed E-state index contributed by atoms with van der Waals surface area (Å²) in [4.78, 5) is 0. The third kappa shape index (κ3) is 4.20. The number of hydrogen-bond donors (Lipinski definition) is 1. The van der Waals surface area contributed by atoms with Crippen LogP contribution in [0.5, 0.6) is 0 Å². The van der Waals surface area contributed by atoms with Gasteiger partial charge in [0.2, 0.25) is 0 Å². The van der Waals surface area contributed by atoms with Crippen molar-refractivity contribution in [1.82, 2.24) is 0 Å². The maximum atomic E-state index is 5.84. The zero-order valence-electron chi connectivity index (χ0n) is 10.5. The first kappa shape index (κ1) is 14.3. The number of rotatable bonds is 5. The molecule has 0 amide bonds. The van der Waals surface area contributed by atoms with Crippen LogP contribution in [0.15, 0.2) is 0 Å². The van der Waals surface area contributed by atoms with Crippen molar-refractivity contribution in [2.45, 2.75) is 64.9 Å². The summed E-state index contributed by atoms with van der Waals surface area (Å²) in [5.74, 6) is 0.580. The van der Waals surface area contributed by atoms with E-state index in [1.54, 1.807) is 12.0 Å². The van der Waals surface area contributed by atoms with Crippen LogP contribution in [0.4, 0.5) is 0 Å². The van der Waals surface area contributed by atoms with Gasteiger partial charge in [-0.1, -0.05) is 13.8 Å². The quantitative estimate of drug-likeness (QED) is 0.721. The molecule has 1 unspecified atom stereocenters. The van der Waals surface area contributed by atoms with Gasteiger partial charge in [0.25, 0.3) is 0 Å². The van der Waals surface area contributed by atoms with E-state index in [1.165, 1.54) is 0 Å². The van der Waals surface area contributed by atoms with Crippen molar-refractivity contribution in [3.63, 3.8) is 0 Å². The lowest BCUT2D eigenvalue weighted by molar-refractivity contribution is 0.110. The zero-order valence-corrected chi connectivity index (χ0v) is 11.4. The van der Waals surface area contributed by atoms with E-state index >= 15 is 0 Å². The van der Waals surface area contributed by atoms with E-state index in [0.717, 1.165) is 0 Å². The lowest BCUT2D eigenvalue weighted by Crippen LogP contribution is -2.42.